The van der Waals surface area contributed by atoms with Crippen molar-refractivity contribution in [3.63, 3.8) is 0 Å². The lowest BCUT2D eigenvalue weighted by molar-refractivity contribution is 0.00558. The van der Waals surface area contributed by atoms with E-state index in [1.807, 2.05) is 0 Å². The van der Waals surface area contributed by atoms with E-state index >= 15 is 4.39 Å². The van der Waals surface area contributed by atoms with Crippen molar-refractivity contribution < 1.29 is 27.9 Å². The number of benzene rings is 2. The van der Waals surface area contributed by atoms with Crippen molar-refractivity contribution in [3.05, 3.63) is 65.1 Å². The molecule has 4 heterocycles. The molecule has 6 rings (SSSR count). The van der Waals surface area contributed by atoms with Crippen LogP contribution in [-0.2, 0) is 30.4 Å². The zero-order valence-electron chi connectivity index (χ0n) is 20.6. The van der Waals surface area contributed by atoms with Crippen LogP contribution < -0.4 is 0 Å². The summed E-state index contributed by atoms with van der Waals surface area (Å²) in [6.07, 6.45) is 1.74. The Morgan fingerprint density at radius 2 is 1.82 bits per heavy atom. The lowest BCUT2D eigenvalue weighted by Gasteiger charge is -2.17. The summed E-state index contributed by atoms with van der Waals surface area (Å²) in [4.78, 5) is 9.20. The number of aliphatic imine (C=N–C) groups is 1. The average Bonchev–Trinajstić information content (AvgIpc) is 3.55. The third-order valence-corrected chi connectivity index (χ3v) is 7.55. The van der Waals surface area contributed by atoms with Crippen molar-refractivity contribution in [1.29, 1.82) is 0 Å². The molecule has 0 amide bonds. The second-order valence-electron chi connectivity index (χ2n) is 9.80. The van der Waals surface area contributed by atoms with Gasteiger partial charge in [-0.3, -0.25) is 0 Å². The van der Waals surface area contributed by atoms with Gasteiger partial charge < -0.3 is 19.3 Å². The van der Waals surface area contributed by atoms with E-state index in [9.17, 15) is 9.32 Å². The van der Waals surface area contributed by atoms with Gasteiger partial charge in [-0.1, -0.05) is 35.9 Å². The van der Waals surface area contributed by atoms with Crippen LogP contribution >= 0.6 is 11.6 Å². The summed E-state index contributed by atoms with van der Waals surface area (Å²) in [5.74, 6) is 0.0498. The first-order chi connectivity index (χ1) is 18.1. The predicted octanol–water partition coefficient (Wildman–Crippen LogP) is 4.70. The molecule has 2 saturated heterocycles. The van der Waals surface area contributed by atoms with E-state index in [2.05, 4.69) is 14.3 Å². The molecule has 3 aliphatic rings. The Hall–Kier alpha value is -2.89. The highest BCUT2D eigenvalue weighted by molar-refractivity contribution is 7.92. The highest BCUT2D eigenvalue weighted by Crippen LogP contribution is 2.37. The Balaban J connectivity index is 1.20. The number of nitrogens with zero attached hydrogens (tertiary/aromatic N) is 3. The molecule has 11 heteroatoms. The first-order valence-electron chi connectivity index (χ1n) is 12.1. The lowest BCUT2D eigenvalue weighted by atomic mass is 10.0. The normalized spacial score (nSPS) is 24.2. The van der Waals surface area contributed by atoms with Crippen LogP contribution in [0.2, 0.25) is 5.02 Å². The smallest absolute Gasteiger partial charge is 0.195 e. The first-order valence-corrected chi connectivity index (χ1v) is 14.8. The topological polar surface area (TPSA) is 103 Å². The minimum absolute atomic E-state index is 0.222. The number of pyridine rings is 1. The van der Waals surface area contributed by atoms with Crippen molar-refractivity contribution in [2.45, 2.75) is 30.8 Å². The summed E-state index contributed by atoms with van der Waals surface area (Å²) in [5, 5.41) is 10.3. The van der Waals surface area contributed by atoms with E-state index in [1.54, 1.807) is 55.0 Å². The Labute approximate surface area is 224 Å². The fourth-order valence-electron chi connectivity index (χ4n) is 4.90. The van der Waals surface area contributed by atoms with Gasteiger partial charge in [0.15, 0.2) is 12.0 Å². The van der Waals surface area contributed by atoms with Crippen molar-refractivity contribution in [1.82, 2.24) is 4.98 Å². The van der Waals surface area contributed by atoms with Crippen LogP contribution in [0.5, 0.6) is 0 Å². The standard InChI is InChI=1S/C27H25ClFN3O5S/c1-38(2,34)32-16-6-3-14(4-7-16)17-8-5-15(9-19(17)29)25-18(28)10-20-21(31-25)11-24(30-20)37-23-13-36-26-22(33)12-35-27(23)26/h3-10,22-23,26-27,33H,11-13H2,1-2H3/t22-,23-,26-,27-/m1/s1. The third kappa shape index (κ3) is 4.94. The van der Waals surface area contributed by atoms with Crippen LogP contribution in [0.15, 0.2) is 57.9 Å². The maximum atomic E-state index is 15.2. The fourth-order valence-corrected chi connectivity index (χ4v) is 5.79. The summed E-state index contributed by atoms with van der Waals surface area (Å²) in [6.45, 7) is 0.529. The molecule has 0 radical (unpaired) electrons. The van der Waals surface area contributed by atoms with Crippen LogP contribution in [0.1, 0.15) is 5.69 Å². The second-order valence-corrected chi connectivity index (χ2v) is 12.8. The predicted molar refractivity (Wildman–Crippen MR) is 143 cm³/mol. The summed E-state index contributed by atoms with van der Waals surface area (Å²) in [7, 11) is -2.28. The monoisotopic (exact) mass is 557 g/mol. The van der Waals surface area contributed by atoms with E-state index < -0.39 is 21.7 Å². The maximum absolute atomic E-state index is 15.2. The van der Waals surface area contributed by atoms with Crippen molar-refractivity contribution in [2.24, 2.45) is 9.36 Å². The van der Waals surface area contributed by atoms with Gasteiger partial charge in [0.25, 0.3) is 0 Å². The number of aromatic nitrogens is 1. The zero-order chi connectivity index (χ0) is 26.6. The number of hydrogen-bond donors (Lipinski definition) is 1. The Morgan fingerprint density at radius 3 is 2.55 bits per heavy atom. The molecular formula is C27H25ClFN3O5S. The molecule has 1 aromatic heterocycles. The first kappa shape index (κ1) is 25.4. The van der Waals surface area contributed by atoms with Gasteiger partial charge in [-0.2, -0.15) is 4.36 Å². The van der Waals surface area contributed by atoms with Crippen LogP contribution in [0.25, 0.3) is 22.4 Å². The van der Waals surface area contributed by atoms with E-state index in [0.717, 1.165) is 0 Å². The maximum Gasteiger partial charge on any atom is 0.195 e. The van der Waals surface area contributed by atoms with E-state index in [1.165, 1.54) is 6.07 Å². The van der Waals surface area contributed by atoms with Gasteiger partial charge in [0.2, 0.25) is 0 Å². The van der Waals surface area contributed by atoms with Crippen LogP contribution in [-0.4, -0.2) is 70.3 Å². The van der Waals surface area contributed by atoms with Gasteiger partial charge in [0, 0.05) is 33.4 Å². The summed E-state index contributed by atoms with van der Waals surface area (Å²) >= 11 is 6.53. The highest BCUT2D eigenvalue weighted by Gasteiger charge is 2.49. The number of ether oxygens (including phenoxy) is 3. The Kier molecular flexibility index (Phi) is 6.48. The number of aliphatic hydroxyl groups excluding tert-OH is 1. The molecule has 0 spiro atoms. The van der Waals surface area contributed by atoms with Crippen molar-refractivity contribution in [3.8, 4) is 22.4 Å². The largest absolute Gasteiger partial charge is 0.472 e. The average molecular weight is 558 g/mol. The van der Waals surface area contributed by atoms with E-state index in [0.29, 0.717) is 63.4 Å². The van der Waals surface area contributed by atoms with Gasteiger partial charge >= 0.3 is 0 Å². The summed E-state index contributed by atoms with van der Waals surface area (Å²) in [6, 6.07) is 13.5. The minimum atomic E-state index is -2.28. The summed E-state index contributed by atoms with van der Waals surface area (Å²) < 4.78 is 48.5. The number of fused-ring (bicyclic) bond motifs is 2. The van der Waals surface area contributed by atoms with Crippen molar-refractivity contribution in [2.75, 3.05) is 25.7 Å². The van der Waals surface area contributed by atoms with Gasteiger partial charge in [-0.05, 0) is 29.8 Å². The van der Waals surface area contributed by atoms with Crippen molar-refractivity contribution >= 4 is 38.6 Å². The summed E-state index contributed by atoms with van der Waals surface area (Å²) in [5.41, 5.74) is 3.94. The van der Waals surface area contributed by atoms with Gasteiger partial charge in [0.1, 0.15) is 24.1 Å². The zero-order valence-corrected chi connectivity index (χ0v) is 22.2. The van der Waals surface area contributed by atoms with Gasteiger partial charge in [0.05, 0.1) is 47.4 Å². The molecule has 198 valence electrons. The fraction of sp³-hybridized carbons (Fsp3) is 0.333. The molecule has 1 N–H and O–H groups in total. The van der Waals surface area contributed by atoms with E-state index in [4.69, 9.17) is 25.8 Å². The highest BCUT2D eigenvalue weighted by atomic mass is 35.5. The Bertz CT molecular complexity index is 1560. The molecule has 38 heavy (non-hydrogen) atoms. The van der Waals surface area contributed by atoms with Gasteiger partial charge in [-0.15, -0.1) is 0 Å². The molecule has 0 bridgehead atoms. The van der Waals surface area contributed by atoms with Crippen LogP contribution in [0, 0.1) is 5.82 Å². The molecular weight excluding hydrogens is 533 g/mol. The second kappa shape index (κ2) is 9.69. The number of hydrogen-bond acceptors (Lipinski definition) is 8. The quantitative estimate of drug-likeness (QED) is 0.499. The molecule has 2 aromatic carbocycles. The van der Waals surface area contributed by atoms with Crippen LogP contribution in [0.3, 0.4) is 0 Å². The molecule has 3 aromatic rings. The molecule has 8 nitrogen and oxygen atoms in total. The molecule has 0 aliphatic carbocycles. The van der Waals surface area contributed by atoms with Gasteiger partial charge in [-0.25, -0.2) is 18.6 Å². The molecule has 0 saturated carbocycles. The van der Waals surface area contributed by atoms with E-state index in [-0.39, 0.29) is 24.9 Å². The van der Waals surface area contributed by atoms with Crippen LogP contribution in [0.4, 0.5) is 15.8 Å². The lowest BCUT2D eigenvalue weighted by Crippen LogP contribution is -2.34. The molecule has 0 unspecified atom stereocenters. The Morgan fingerprint density at radius 1 is 1.08 bits per heavy atom. The molecule has 4 atom stereocenters. The SMILES string of the molecule is CS(C)(=O)=Nc1ccc(-c2ccc(-c3nc4c(cc3Cl)N=C(O[C@@H]3CO[C@H]5[C@@H]3OC[C@H]5O)C4)cc2F)cc1. The number of halogens is 2. The third-order valence-electron chi connectivity index (χ3n) is 6.61. The molecule has 3 aliphatic heterocycles. The number of aliphatic hydroxyl groups is 1. The molecule has 2 fully saturated rings. The number of rotatable bonds is 4. The minimum Gasteiger partial charge on any atom is -0.472 e.